The van der Waals surface area contributed by atoms with Gasteiger partial charge in [0.15, 0.2) is 4.34 Å². The van der Waals surface area contributed by atoms with Crippen molar-refractivity contribution in [3.05, 3.63) is 29.3 Å². The molecule has 0 saturated heterocycles. The second-order valence-corrected chi connectivity index (χ2v) is 7.58. The standard InChI is InChI=1S/C16H20N4O2S2/c1-4-5-13(21)18-15-19-20-16(24-15)23-9-14(22)17-12-7-10(2)6-11(3)8-12/h6-8H,4-5,9H2,1-3H3,(H,17,22)(H,18,19,21). The van der Waals surface area contributed by atoms with Gasteiger partial charge in [-0.3, -0.25) is 9.59 Å². The van der Waals surface area contributed by atoms with Crippen LogP contribution in [0.3, 0.4) is 0 Å². The zero-order valence-electron chi connectivity index (χ0n) is 13.9. The first-order chi connectivity index (χ1) is 11.5. The van der Waals surface area contributed by atoms with E-state index in [2.05, 4.69) is 26.9 Å². The van der Waals surface area contributed by atoms with Crippen molar-refractivity contribution in [1.29, 1.82) is 0 Å². The summed E-state index contributed by atoms with van der Waals surface area (Å²) in [5, 5.41) is 13.9. The number of thioether (sulfide) groups is 1. The molecule has 24 heavy (non-hydrogen) atoms. The number of aryl methyl sites for hydroxylation is 2. The second kappa shape index (κ2) is 8.79. The van der Waals surface area contributed by atoms with Crippen LogP contribution in [0.15, 0.2) is 22.5 Å². The molecule has 0 fully saturated rings. The molecule has 8 heteroatoms. The summed E-state index contributed by atoms with van der Waals surface area (Å²) in [4.78, 5) is 23.5. The molecule has 2 rings (SSSR count). The Morgan fingerprint density at radius 2 is 1.79 bits per heavy atom. The molecule has 0 bridgehead atoms. The predicted octanol–water partition coefficient (Wildman–Crippen LogP) is 3.62. The van der Waals surface area contributed by atoms with Crippen LogP contribution in [0.5, 0.6) is 0 Å². The summed E-state index contributed by atoms with van der Waals surface area (Å²) in [6.07, 6.45) is 1.24. The summed E-state index contributed by atoms with van der Waals surface area (Å²) in [5.41, 5.74) is 3.01. The minimum atomic E-state index is -0.100. The van der Waals surface area contributed by atoms with Crippen molar-refractivity contribution >= 4 is 45.7 Å². The normalized spacial score (nSPS) is 10.5. The Kier molecular flexibility index (Phi) is 6.74. The van der Waals surface area contributed by atoms with Gasteiger partial charge in [0.2, 0.25) is 16.9 Å². The number of hydrogen-bond acceptors (Lipinski definition) is 6. The molecule has 2 aromatic rings. The number of benzene rings is 1. The fraction of sp³-hybridized carbons (Fsp3) is 0.375. The number of nitrogens with one attached hydrogen (secondary N) is 2. The zero-order chi connectivity index (χ0) is 17.5. The van der Waals surface area contributed by atoms with E-state index in [1.165, 1.54) is 23.1 Å². The van der Waals surface area contributed by atoms with Crippen molar-refractivity contribution < 1.29 is 9.59 Å². The Hall–Kier alpha value is -1.93. The highest BCUT2D eigenvalue weighted by molar-refractivity contribution is 8.01. The first-order valence-electron chi connectivity index (χ1n) is 7.60. The van der Waals surface area contributed by atoms with Gasteiger partial charge in [-0.25, -0.2) is 0 Å². The number of carbonyl (C=O) groups is 2. The predicted molar refractivity (Wildman–Crippen MR) is 98.7 cm³/mol. The quantitative estimate of drug-likeness (QED) is 0.579. The van der Waals surface area contributed by atoms with Gasteiger partial charge in [-0.05, 0) is 43.5 Å². The topological polar surface area (TPSA) is 84.0 Å². The summed E-state index contributed by atoms with van der Waals surface area (Å²) < 4.78 is 0.650. The molecule has 0 unspecified atom stereocenters. The lowest BCUT2D eigenvalue weighted by Crippen LogP contribution is -2.14. The molecule has 0 saturated carbocycles. The molecule has 2 amide bonds. The van der Waals surface area contributed by atoms with Crippen LogP contribution in [-0.4, -0.2) is 27.8 Å². The average Bonchev–Trinajstić information content (AvgIpc) is 2.91. The highest BCUT2D eigenvalue weighted by atomic mass is 32.2. The van der Waals surface area contributed by atoms with Gasteiger partial charge in [0.25, 0.3) is 0 Å². The summed E-state index contributed by atoms with van der Waals surface area (Å²) in [5.74, 6) is 0.0689. The van der Waals surface area contributed by atoms with Crippen molar-refractivity contribution in [1.82, 2.24) is 10.2 Å². The summed E-state index contributed by atoms with van der Waals surface area (Å²) in [7, 11) is 0. The third kappa shape index (κ3) is 5.93. The SMILES string of the molecule is CCCC(=O)Nc1nnc(SCC(=O)Nc2cc(C)cc(C)c2)s1. The number of nitrogens with zero attached hydrogens (tertiary/aromatic N) is 2. The first kappa shape index (κ1) is 18.4. The molecular formula is C16H20N4O2S2. The van der Waals surface area contributed by atoms with Crippen molar-refractivity contribution in [3.63, 3.8) is 0 Å². The highest BCUT2D eigenvalue weighted by Crippen LogP contribution is 2.25. The molecule has 0 atom stereocenters. The Labute approximate surface area is 149 Å². The Morgan fingerprint density at radius 3 is 2.46 bits per heavy atom. The number of aromatic nitrogens is 2. The van der Waals surface area contributed by atoms with Crippen LogP contribution in [0.4, 0.5) is 10.8 Å². The van der Waals surface area contributed by atoms with Gasteiger partial charge in [0.1, 0.15) is 0 Å². The van der Waals surface area contributed by atoms with Gasteiger partial charge < -0.3 is 10.6 Å². The van der Waals surface area contributed by atoms with Crippen LogP contribution in [0.25, 0.3) is 0 Å². The maximum absolute atomic E-state index is 12.0. The van der Waals surface area contributed by atoms with E-state index in [0.717, 1.165) is 23.2 Å². The van der Waals surface area contributed by atoms with Gasteiger partial charge in [0.05, 0.1) is 5.75 Å². The van der Waals surface area contributed by atoms with E-state index < -0.39 is 0 Å². The van der Waals surface area contributed by atoms with Gasteiger partial charge in [-0.2, -0.15) is 0 Å². The van der Waals surface area contributed by atoms with Gasteiger partial charge >= 0.3 is 0 Å². The highest BCUT2D eigenvalue weighted by Gasteiger charge is 2.10. The Balaban J connectivity index is 1.83. The maximum Gasteiger partial charge on any atom is 0.234 e. The number of hydrogen-bond donors (Lipinski definition) is 2. The fourth-order valence-corrected chi connectivity index (χ4v) is 3.67. The van der Waals surface area contributed by atoms with Crippen molar-refractivity contribution in [2.45, 2.75) is 38.0 Å². The Bertz CT molecular complexity index is 710. The monoisotopic (exact) mass is 364 g/mol. The van der Waals surface area contributed by atoms with E-state index >= 15 is 0 Å². The number of anilines is 2. The molecule has 6 nitrogen and oxygen atoms in total. The molecule has 1 aromatic heterocycles. The van der Waals surface area contributed by atoms with E-state index in [0.29, 0.717) is 15.9 Å². The van der Waals surface area contributed by atoms with E-state index in [1.807, 2.05) is 32.9 Å². The largest absolute Gasteiger partial charge is 0.325 e. The number of carbonyl (C=O) groups excluding carboxylic acids is 2. The van der Waals surface area contributed by atoms with Crippen LogP contribution >= 0.6 is 23.1 Å². The minimum absolute atomic E-state index is 0.0715. The molecule has 0 radical (unpaired) electrons. The molecule has 0 aliphatic heterocycles. The van der Waals surface area contributed by atoms with Crippen LogP contribution in [0.1, 0.15) is 30.9 Å². The zero-order valence-corrected chi connectivity index (χ0v) is 15.5. The van der Waals surface area contributed by atoms with E-state index in [9.17, 15) is 9.59 Å². The summed E-state index contributed by atoms with van der Waals surface area (Å²) in [6.45, 7) is 5.93. The third-order valence-corrected chi connectivity index (χ3v) is 4.93. The summed E-state index contributed by atoms with van der Waals surface area (Å²) >= 11 is 2.57. The third-order valence-electron chi connectivity index (χ3n) is 2.96. The van der Waals surface area contributed by atoms with Gasteiger partial charge in [-0.1, -0.05) is 36.1 Å². The molecule has 2 N–H and O–H groups in total. The van der Waals surface area contributed by atoms with Crippen LogP contribution < -0.4 is 10.6 Å². The smallest absolute Gasteiger partial charge is 0.234 e. The van der Waals surface area contributed by atoms with Crippen LogP contribution in [0, 0.1) is 13.8 Å². The molecule has 1 aromatic carbocycles. The molecule has 1 heterocycles. The summed E-state index contributed by atoms with van der Waals surface area (Å²) in [6, 6.07) is 5.92. The average molecular weight is 364 g/mol. The maximum atomic E-state index is 12.0. The molecular weight excluding hydrogens is 344 g/mol. The van der Waals surface area contributed by atoms with Gasteiger partial charge in [-0.15, -0.1) is 10.2 Å². The van der Waals surface area contributed by atoms with Crippen molar-refractivity contribution in [2.75, 3.05) is 16.4 Å². The van der Waals surface area contributed by atoms with E-state index in [4.69, 9.17) is 0 Å². The molecule has 0 aliphatic carbocycles. The molecule has 0 spiro atoms. The minimum Gasteiger partial charge on any atom is -0.325 e. The van der Waals surface area contributed by atoms with Crippen molar-refractivity contribution in [2.24, 2.45) is 0 Å². The van der Waals surface area contributed by atoms with Crippen molar-refractivity contribution in [3.8, 4) is 0 Å². The van der Waals surface area contributed by atoms with Crippen LogP contribution in [-0.2, 0) is 9.59 Å². The lowest BCUT2D eigenvalue weighted by Gasteiger charge is -2.06. The van der Waals surface area contributed by atoms with Gasteiger partial charge in [0, 0.05) is 12.1 Å². The lowest BCUT2D eigenvalue weighted by atomic mass is 10.1. The van der Waals surface area contributed by atoms with Crippen LogP contribution in [0.2, 0.25) is 0 Å². The molecule has 0 aliphatic rings. The second-order valence-electron chi connectivity index (χ2n) is 5.38. The fourth-order valence-electron chi connectivity index (χ4n) is 2.10. The van der Waals surface area contributed by atoms with E-state index in [1.54, 1.807) is 0 Å². The lowest BCUT2D eigenvalue weighted by molar-refractivity contribution is -0.116. The Morgan fingerprint density at radius 1 is 1.08 bits per heavy atom. The van der Waals surface area contributed by atoms with E-state index in [-0.39, 0.29) is 17.6 Å². The molecule has 128 valence electrons. The first-order valence-corrected chi connectivity index (χ1v) is 9.40. The number of amides is 2. The number of rotatable bonds is 7.